The molecule has 83 heavy (non-hydrogen) atoms. The van der Waals surface area contributed by atoms with Crippen molar-refractivity contribution in [3.8, 4) is 11.8 Å². The maximum Gasteiger partial charge on any atom is 0.407 e. The number of carbonyl (C=O) groups excluding carboxylic acids is 4. The maximum absolute atomic E-state index is 16.0. The van der Waals surface area contributed by atoms with Gasteiger partial charge in [-0.3, -0.25) is 19.9 Å². The van der Waals surface area contributed by atoms with Crippen molar-refractivity contribution in [2.45, 2.75) is 129 Å². The predicted molar refractivity (Wildman–Crippen MR) is 286 cm³/mol. The van der Waals surface area contributed by atoms with Gasteiger partial charge in [0.25, 0.3) is 5.91 Å². The molecule has 28 heteroatoms. The smallest absolute Gasteiger partial charge is 0.407 e. The standard InChI is InChI=1S/C55H68F10N10O8/c1-30(31(2)20-44(67-7)73-24-35-16-17-36(25-73)75(35)37-28-83-29-37)10-11-32-12-14-33(15-13-32)21-42(69-47(77)45(70-50(79)81-8)52(3,4)54(60,61)62)43(76)27-74(72-48(78)46(71-51(80)82-9)53(5,6)55(63,64)65)26-38-39(56)22-34(23-40(38)57)41(66)18-19-68-49(58)59/h12-15,18-20,22-23,35-37,42-43,45-46,49,76H,7,16-17,21,24-29,66H2,1-6,8-9H3,(H,69,77)(H,70,79)(H,71,80)(H,72,78)/b31-30+,41-18?,44-20+,68-19?/t35?,36?,42-,43-,45+,46+/m0/s1. The Labute approximate surface area is 473 Å². The highest BCUT2D eigenvalue weighted by atomic mass is 19.4. The Morgan fingerprint density at radius 1 is 0.867 bits per heavy atom. The summed E-state index contributed by atoms with van der Waals surface area (Å²) in [6.45, 7) is 7.32. The van der Waals surface area contributed by atoms with Crippen LogP contribution in [0.5, 0.6) is 0 Å². The number of ether oxygens (including phenoxy) is 3. The number of aliphatic hydroxyl groups is 1. The number of aliphatic hydroxyl groups excluding tert-OH is 1. The van der Waals surface area contributed by atoms with Crippen LogP contribution in [0.2, 0.25) is 0 Å². The number of halogens is 10. The number of carbonyl (C=O) groups is 4. The molecule has 4 amide bonds. The van der Waals surface area contributed by atoms with E-state index in [1.807, 2.05) is 30.7 Å². The predicted octanol–water partition coefficient (Wildman–Crippen LogP) is 6.88. The van der Waals surface area contributed by atoms with Crippen LogP contribution in [0, 0.1) is 34.3 Å². The molecule has 456 valence electrons. The van der Waals surface area contributed by atoms with Crippen LogP contribution in [-0.4, -0.2) is 165 Å². The van der Waals surface area contributed by atoms with E-state index in [0.717, 1.165) is 65.0 Å². The number of piperazine rings is 1. The summed E-state index contributed by atoms with van der Waals surface area (Å²) in [6.07, 6.45) is -10.6. The first-order valence-electron chi connectivity index (χ1n) is 25.9. The lowest BCUT2D eigenvalue weighted by Gasteiger charge is -2.48. The van der Waals surface area contributed by atoms with E-state index in [9.17, 15) is 59.4 Å². The van der Waals surface area contributed by atoms with Gasteiger partial charge in [0.05, 0.1) is 56.5 Å². The van der Waals surface area contributed by atoms with Gasteiger partial charge in [-0.25, -0.2) is 33.4 Å². The molecule has 3 aliphatic heterocycles. The first-order chi connectivity index (χ1) is 38.7. The van der Waals surface area contributed by atoms with Gasteiger partial charge in [0.15, 0.2) is 0 Å². The highest BCUT2D eigenvalue weighted by Gasteiger charge is 2.57. The molecule has 2 bridgehead atoms. The normalized spacial score (nSPS) is 19.2. The second-order valence-electron chi connectivity index (χ2n) is 21.3. The van der Waals surface area contributed by atoms with Gasteiger partial charge in [0, 0.05) is 72.4 Å². The third-order valence-corrected chi connectivity index (χ3v) is 14.9. The van der Waals surface area contributed by atoms with Gasteiger partial charge in [-0.1, -0.05) is 24.0 Å². The maximum atomic E-state index is 16.0. The summed E-state index contributed by atoms with van der Waals surface area (Å²) >= 11 is 0. The van der Waals surface area contributed by atoms with Crippen LogP contribution in [0.1, 0.15) is 76.6 Å². The first kappa shape index (κ1) is 66.6. The third kappa shape index (κ3) is 17.0. The van der Waals surface area contributed by atoms with Crippen molar-refractivity contribution < 1.29 is 82.4 Å². The lowest BCUT2D eigenvalue weighted by molar-refractivity contribution is -0.221. The molecule has 2 aromatic carbocycles. The number of methoxy groups -OCH3 is 2. The molecule has 5 rings (SSSR count). The van der Waals surface area contributed by atoms with Crippen LogP contribution in [0.4, 0.5) is 53.5 Å². The number of likely N-dealkylation sites (tertiary alicyclic amines) is 1. The van der Waals surface area contributed by atoms with E-state index in [2.05, 4.69) is 53.1 Å². The Morgan fingerprint density at radius 3 is 1.87 bits per heavy atom. The number of aliphatic imine (C=N–C) groups is 2. The topological polar surface area (TPSA) is 225 Å². The van der Waals surface area contributed by atoms with Crippen molar-refractivity contribution in [3.63, 3.8) is 0 Å². The number of rotatable bonds is 22. The van der Waals surface area contributed by atoms with Gasteiger partial charge >= 0.3 is 31.1 Å². The second-order valence-corrected chi connectivity index (χ2v) is 21.3. The highest BCUT2D eigenvalue weighted by Crippen LogP contribution is 2.42. The van der Waals surface area contributed by atoms with Gasteiger partial charge in [0.2, 0.25) is 5.91 Å². The monoisotopic (exact) mass is 1190 g/mol. The minimum absolute atomic E-state index is 0.265. The third-order valence-electron chi connectivity index (χ3n) is 14.9. The fourth-order valence-electron chi connectivity index (χ4n) is 9.39. The zero-order valence-corrected chi connectivity index (χ0v) is 46.8. The van der Waals surface area contributed by atoms with Gasteiger partial charge in [-0.05, 0) is 115 Å². The number of nitrogens with two attached hydrogens (primary N) is 1. The SMILES string of the molecule is C=N/C(=C\C(C)=C(/C)C#Cc1ccc(C[C@H](NC(=O)[C@@H](NC(=O)OC)C(C)(C)C(F)(F)F)[C@@H](O)CN(Cc2c(F)cc(C(N)=CC=NC(F)F)cc2F)NC(=O)[C@@H](NC(=O)OC)C(C)(C)C(F)(F)F)cc1)N1CC2CCC(C1)N2C1COC1. The molecule has 3 heterocycles. The average molecular weight is 1190 g/mol. The Balaban J connectivity index is 1.52. The molecule has 2 aromatic rings. The van der Waals surface area contributed by atoms with Crippen LogP contribution < -0.4 is 27.1 Å². The quantitative estimate of drug-likeness (QED) is 0.0177. The molecule has 0 radical (unpaired) electrons. The van der Waals surface area contributed by atoms with Crippen LogP contribution >= 0.6 is 0 Å². The van der Waals surface area contributed by atoms with Crippen molar-refractivity contribution in [2.24, 2.45) is 26.5 Å². The van der Waals surface area contributed by atoms with E-state index in [-0.39, 0.29) is 5.56 Å². The fourth-order valence-corrected chi connectivity index (χ4v) is 9.39. The Kier molecular flexibility index (Phi) is 22.4. The van der Waals surface area contributed by atoms with Crippen molar-refractivity contribution >= 4 is 42.6 Å². The molecule has 0 spiro atoms. The molecule has 7 N–H and O–H groups in total. The average Bonchev–Trinajstić information content (AvgIpc) is 3.12. The van der Waals surface area contributed by atoms with Crippen molar-refractivity contribution in [2.75, 3.05) is 47.1 Å². The summed E-state index contributed by atoms with van der Waals surface area (Å²) in [5.74, 6) is 0.728. The molecule has 18 nitrogen and oxygen atoms in total. The zero-order chi connectivity index (χ0) is 61.9. The summed E-state index contributed by atoms with van der Waals surface area (Å²) in [5, 5.41) is 18.5. The number of alkyl halides is 8. The Bertz CT molecular complexity index is 2830. The molecule has 6 atom stereocenters. The number of benzene rings is 2. The van der Waals surface area contributed by atoms with E-state index in [4.69, 9.17) is 10.5 Å². The number of nitrogens with one attached hydrogen (secondary N) is 4. The molecular formula is C55H68F10N10O8. The van der Waals surface area contributed by atoms with Gasteiger partial charge < -0.3 is 45.9 Å². The molecular weight excluding hydrogens is 1120 g/mol. The van der Waals surface area contributed by atoms with E-state index < -0.39 is 126 Å². The number of allylic oxidation sites excluding steroid dienone is 4. The second kappa shape index (κ2) is 27.9. The molecule has 3 aliphatic rings. The number of hydrogen-bond acceptors (Lipinski definition) is 14. The molecule has 3 saturated heterocycles. The number of alkyl carbamates (subject to hydrolysis) is 2. The molecule has 0 aliphatic carbocycles. The van der Waals surface area contributed by atoms with E-state index >= 15 is 8.78 Å². The van der Waals surface area contributed by atoms with Crippen molar-refractivity contribution in [1.82, 2.24) is 36.2 Å². The summed E-state index contributed by atoms with van der Waals surface area (Å²) in [4.78, 5) is 64.8. The summed E-state index contributed by atoms with van der Waals surface area (Å²) in [7, 11) is 1.60. The number of amides is 4. The van der Waals surface area contributed by atoms with Crippen LogP contribution in [0.25, 0.3) is 5.70 Å². The number of nitrogens with zero attached hydrogens (tertiary/aromatic N) is 5. The molecule has 0 aromatic heterocycles. The van der Waals surface area contributed by atoms with Crippen LogP contribution in [0.15, 0.2) is 75.5 Å². The molecule has 2 unspecified atom stereocenters. The fraction of sp³-hybridized carbons (Fsp3) is 0.527. The van der Waals surface area contributed by atoms with Gasteiger partial charge in [0.1, 0.15) is 29.5 Å². The number of hydrazine groups is 1. The van der Waals surface area contributed by atoms with Crippen LogP contribution in [0.3, 0.4) is 0 Å². The number of fused-ring (bicyclic) bond motifs is 2. The number of hydrogen-bond donors (Lipinski definition) is 6. The Hall–Kier alpha value is -7.22. The van der Waals surface area contributed by atoms with E-state index in [1.54, 1.807) is 17.4 Å². The largest absolute Gasteiger partial charge is 0.453 e. The van der Waals surface area contributed by atoms with Crippen molar-refractivity contribution in [1.29, 1.82) is 0 Å². The minimum atomic E-state index is -5.24. The van der Waals surface area contributed by atoms with Crippen molar-refractivity contribution in [3.05, 3.63) is 99.4 Å². The Morgan fingerprint density at radius 2 is 1.40 bits per heavy atom. The highest BCUT2D eigenvalue weighted by molar-refractivity contribution is 5.87. The first-order valence-corrected chi connectivity index (χ1v) is 25.9. The lowest BCUT2D eigenvalue weighted by Crippen LogP contribution is -2.63. The van der Waals surface area contributed by atoms with Gasteiger partial charge in [-0.2, -0.15) is 35.1 Å². The van der Waals surface area contributed by atoms with E-state index in [0.29, 0.717) is 86.1 Å². The van der Waals surface area contributed by atoms with E-state index in [1.165, 1.54) is 12.1 Å². The summed E-state index contributed by atoms with van der Waals surface area (Å²) in [6, 6.07) is 1.66. The molecule has 0 saturated carbocycles. The summed E-state index contributed by atoms with van der Waals surface area (Å²) in [5.41, 5.74) is 2.06. The lowest BCUT2D eigenvalue weighted by atomic mass is 9.82. The molecule has 3 fully saturated rings. The summed E-state index contributed by atoms with van der Waals surface area (Å²) < 4.78 is 159. The van der Waals surface area contributed by atoms with Crippen LogP contribution in [-0.2, 0) is 36.8 Å². The minimum Gasteiger partial charge on any atom is -0.453 e. The zero-order valence-electron chi connectivity index (χ0n) is 46.8. The van der Waals surface area contributed by atoms with Gasteiger partial charge in [-0.15, -0.1) is 0 Å².